The molecule has 0 saturated heterocycles. The predicted molar refractivity (Wildman–Crippen MR) is 82.4 cm³/mol. The summed E-state index contributed by atoms with van der Waals surface area (Å²) in [6.07, 6.45) is 0. The fourth-order valence-electron chi connectivity index (χ4n) is 1.89. The lowest BCUT2D eigenvalue weighted by atomic mass is 10.0. The summed E-state index contributed by atoms with van der Waals surface area (Å²) in [5.74, 6) is 2.08. The smallest absolute Gasteiger partial charge is 0.142 e. The lowest BCUT2D eigenvalue weighted by Gasteiger charge is -2.11. The van der Waals surface area contributed by atoms with E-state index in [2.05, 4.69) is 26.0 Å². The van der Waals surface area contributed by atoms with E-state index in [1.54, 1.807) is 0 Å². The zero-order valence-corrected chi connectivity index (χ0v) is 12.0. The lowest BCUT2D eigenvalue weighted by molar-refractivity contribution is 0.218. The van der Waals surface area contributed by atoms with Gasteiger partial charge in [0.2, 0.25) is 0 Å². The second kappa shape index (κ2) is 6.85. The molecule has 2 rings (SSSR count). The Morgan fingerprint density at radius 1 is 0.950 bits per heavy atom. The first-order chi connectivity index (χ1) is 9.66. The molecule has 3 nitrogen and oxygen atoms in total. The van der Waals surface area contributed by atoms with Crippen LogP contribution in [0, 0.1) is 0 Å². The van der Waals surface area contributed by atoms with Crippen LogP contribution in [0.2, 0.25) is 0 Å². The monoisotopic (exact) mass is 271 g/mol. The molecule has 3 heteroatoms. The van der Waals surface area contributed by atoms with Crippen molar-refractivity contribution < 1.29 is 9.47 Å². The minimum Gasteiger partial charge on any atom is -0.490 e. The van der Waals surface area contributed by atoms with Gasteiger partial charge in [0.25, 0.3) is 0 Å². The minimum absolute atomic E-state index is 0.472. The van der Waals surface area contributed by atoms with Crippen molar-refractivity contribution >= 4 is 5.69 Å². The Balaban J connectivity index is 1.82. The Kier molecular flexibility index (Phi) is 4.88. The molecule has 0 atom stereocenters. The van der Waals surface area contributed by atoms with Gasteiger partial charge in [-0.3, -0.25) is 0 Å². The zero-order chi connectivity index (χ0) is 14.4. The highest BCUT2D eigenvalue weighted by Gasteiger charge is 2.02. The molecule has 0 amide bonds. The van der Waals surface area contributed by atoms with Crippen molar-refractivity contribution in [3.8, 4) is 11.5 Å². The van der Waals surface area contributed by atoms with E-state index in [4.69, 9.17) is 15.2 Å². The summed E-state index contributed by atoms with van der Waals surface area (Å²) in [6, 6.07) is 15.6. The normalized spacial score (nSPS) is 10.6. The Morgan fingerprint density at radius 3 is 2.45 bits per heavy atom. The van der Waals surface area contributed by atoms with Crippen LogP contribution in [0.15, 0.2) is 48.5 Å². The van der Waals surface area contributed by atoms with Crippen LogP contribution >= 0.6 is 0 Å². The molecular weight excluding hydrogens is 250 g/mol. The fourth-order valence-corrected chi connectivity index (χ4v) is 1.89. The third-order valence-electron chi connectivity index (χ3n) is 3.05. The van der Waals surface area contributed by atoms with Crippen molar-refractivity contribution in [2.24, 2.45) is 0 Å². The number of benzene rings is 2. The molecule has 2 aromatic rings. The van der Waals surface area contributed by atoms with E-state index in [0.29, 0.717) is 30.6 Å². The topological polar surface area (TPSA) is 44.5 Å². The summed E-state index contributed by atoms with van der Waals surface area (Å²) in [5.41, 5.74) is 7.72. The van der Waals surface area contributed by atoms with Gasteiger partial charge in [-0.05, 0) is 35.7 Å². The van der Waals surface area contributed by atoms with Gasteiger partial charge in [0.1, 0.15) is 24.7 Å². The SMILES string of the molecule is CC(C)c1cccc(OCCOc2ccccc2N)c1. The van der Waals surface area contributed by atoms with Crippen molar-refractivity contribution in [3.05, 3.63) is 54.1 Å². The van der Waals surface area contributed by atoms with Gasteiger partial charge < -0.3 is 15.2 Å². The first-order valence-electron chi connectivity index (χ1n) is 6.87. The third-order valence-corrected chi connectivity index (χ3v) is 3.05. The Hall–Kier alpha value is -2.16. The van der Waals surface area contributed by atoms with E-state index in [-0.39, 0.29) is 0 Å². The summed E-state index contributed by atoms with van der Waals surface area (Å²) in [7, 11) is 0. The standard InChI is InChI=1S/C17H21NO2/c1-13(2)14-6-5-7-15(12-14)19-10-11-20-17-9-4-3-8-16(17)18/h3-9,12-13H,10-11,18H2,1-2H3. The Labute approximate surface area is 120 Å². The molecule has 106 valence electrons. The largest absolute Gasteiger partial charge is 0.490 e. The zero-order valence-electron chi connectivity index (χ0n) is 12.0. The van der Waals surface area contributed by atoms with Crippen LogP contribution in [0.1, 0.15) is 25.3 Å². The number of rotatable bonds is 6. The van der Waals surface area contributed by atoms with Gasteiger partial charge in [0, 0.05) is 0 Å². The summed E-state index contributed by atoms with van der Waals surface area (Å²) < 4.78 is 11.3. The molecular formula is C17H21NO2. The van der Waals surface area contributed by atoms with Gasteiger partial charge in [-0.2, -0.15) is 0 Å². The maximum Gasteiger partial charge on any atom is 0.142 e. The summed E-state index contributed by atoms with van der Waals surface area (Å²) >= 11 is 0. The summed E-state index contributed by atoms with van der Waals surface area (Å²) in [5, 5.41) is 0. The van der Waals surface area contributed by atoms with Crippen LogP contribution in [0.25, 0.3) is 0 Å². The van der Waals surface area contributed by atoms with E-state index < -0.39 is 0 Å². The van der Waals surface area contributed by atoms with Gasteiger partial charge in [-0.1, -0.05) is 38.1 Å². The average molecular weight is 271 g/mol. The number of para-hydroxylation sites is 2. The summed E-state index contributed by atoms with van der Waals surface area (Å²) in [4.78, 5) is 0. The Morgan fingerprint density at radius 2 is 1.70 bits per heavy atom. The number of nitrogens with two attached hydrogens (primary N) is 1. The van der Waals surface area contributed by atoms with Gasteiger partial charge in [-0.25, -0.2) is 0 Å². The molecule has 20 heavy (non-hydrogen) atoms. The number of hydrogen-bond donors (Lipinski definition) is 1. The molecule has 0 unspecified atom stereocenters. The van der Waals surface area contributed by atoms with Gasteiger partial charge in [-0.15, -0.1) is 0 Å². The highest BCUT2D eigenvalue weighted by atomic mass is 16.5. The second-order valence-corrected chi connectivity index (χ2v) is 4.96. The molecule has 0 saturated carbocycles. The van der Waals surface area contributed by atoms with Crippen LogP contribution in [-0.4, -0.2) is 13.2 Å². The van der Waals surface area contributed by atoms with Crippen LogP contribution in [0.5, 0.6) is 11.5 Å². The molecule has 0 radical (unpaired) electrons. The number of hydrogen-bond acceptors (Lipinski definition) is 3. The second-order valence-electron chi connectivity index (χ2n) is 4.96. The van der Waals surface area contributed by atoms with Crippen LogP contribution < -0.4 is 15.2 Å². The number of anilines is 1. The van der Waals surface area contributed by atoms with Crippen molar-refractivity contribution in [2.45, 2.75) is 19.8 Å². The average Bonchev–Trinajstić information content (AvgIpc) is 2.45. The molecule has 2 aromatic carbocycles. The minimum atomic E-state index is 0.472. The first kappa shape index (κ1) is 14.3. The highest BCUT2D eigenvalue weighted by Crippen LogP contribution is 2.21. The summed E-state index contributed by atoms with van der Waals surface area (Å²) in [6.45, 7) is 5.30. The van der Waals surface area contributed by atoms with E-state index >= 15 is 0 Å². The first-order valence-corrected chi connectivity index (χ1v) is 6.87. The van der Waals surface area contributed by atoms with E-state index in [0.717, 1.165) is 5.75 Å². The fraction of sp³-hybridized carbons (Fsp3) is 0.294. The van der Waals surface area contributed by atoms with Crippen LogP contribution in [0.3, 0.4) is 0 Å². The van der Waals surface area contributed by atoms with E-state index in [1.165, 1.54) is 5.56 Å². The predicted octanol–water partition coefficient (Wildman–Crippen LogP) is 3.85. The van der Waals surface area contributed by atoms with Crippen molar-refractivity contribution in [1.82, 2.24) is 0 Å². The Bertz CT molecular complexity index is 552. The maximum atomic E-state index is 5.80. The van der Waals surface area contributed by atoms with Gasteiger partial charge >= 0.3 is 0 Å². The molecule has 0 aromatic heterocycles. The quantitative estimate of drug-likeness (QED) is 0.641. The lowest BCUT2D eigenvalue weighted by Crippen LogP contribution is -2.10. The van der Waals surface area contributed by atoms with E-state index in [1.807, 2.05) is 36.4 Å². The van der Waals surface area contributed by atoms with Crippen LogP contribution in [0.4, 0.5) is 5.69 Å². The van der Waals surface area contributed by atoms with Crippen molar-refractivity contribution in [3.63, 3.8) is 0 Å². The molecule has 0 aliphatic rings. The third kappa shape index (κ3) is 3.92. The molecule has 0 aliphatic heterocycles. The van der Waals surface area contributed by atoms with Crippen LogP contribution in [-0.2, 0) is 0 Å². The van der Waals surface area contributed by atoms with Crippen molar-refractivity contribution in [2.75, 3.05) is 18.9 Å². The number of nitrogen functional groups attached to an aromatic ring is 1. The molecule has 0 aliphatic carbocycles. The van der Waals surface area contributed by atoms with Gasteiger partial charge in [0.05, 0.1) is 5.69 Å². The highest BCUT2D eigenvalue weighted by molar-refractivity contribution is 5.51. The maximum absolute atomic E-state index is 5.80. The molecule has 0 heterocycles. The molecule has 0 bridgehead atoms. The number of ether oxygens (including phenoxy) is 2. The molecule has 0 fully saturated rings. The van der Waals surface area contributed by atoms with Crippen molar-refractivity contribution in [1.29, 1.82) is 0 Å². The van der Waals surface area contributed by atoms with E-state index in [9.17, 15) is 0 Å². The molecule has 0 spiro atoms. The molecule has 2 N–H and O–H groups in total. The van der Waals surface area contributed by atoms with Gasteiger partial charge in [0.15, 0.2) is 0 Å².